The SMILES string of the molecule is O=C(CCCNC(=O)c1ccco1)NCc1cn(Cc2ccccc2)nc1-c1ccccc1. The van der Waals surface area contributed by atoms with Gasteiger partial charge in [-0.1, -0.05) is 60.7 Å². The number of carbonyl (C=O) groups is 2. The molecule has 0 fully saturated rings. The molecule has 2 amide bonds. The van der Waals surface area contributed by atoms with Crippen LogP contribution in [0, 0.1) is 0 Å². The van der Waals surface area contributed by atoms with Crippen molar-refractivity contribution in [3.8, 4) is 11.3 Å². The molecule has 0 unspecified atom stereocenters. The van der Waals surface area contributed by atoms with Gasteiger partial charge in [0.05, 0.1) is 18.5 Å². The molecule has 4 aromatic rings. The summed E-state index contributed by atoms with van der Waals surface area (Å²) in [5.41, 5.74) is 3.98. The first kappa shape index (κ1) is 22.1. The Bertz CT molecular complexity index is 1170. The molecule has 0 atom stereocenters. The molecule has 0 aliphatic rings. The molecule has 168 valence electrons. The van der Waals surface area contributed by atoms with Crippen LogP contribution in [0.25, 0.3) is 11.3 Å². The van der Waals surface area contributed by atoms with Gasteiger partial charge in [0.2, 0.25) is 5.91 Å². The average Bonchev–Trinajstić information content (AvgIpc) is 3.52. The molecule has 2 aromatic carbocycles. The van der Waals surface area contributed by atoms with E-state index in [9.17, 15) is 9.59 Å². The molecule has 0 saturated carbocycles. The van der Waals surface area contributed by atoms with Crippen molar-refractivity contribution in [2.75, 3.05) is 6.54 Å². The Morgan fingerprint density at radius 3 is 2.39 bits per heavy atom. The van der Waals surface area contributed by atoms with Crippen LogP contribution in [0.5, 0.6) is 0 Å². The van der Waals surface area contributed by atoms with Crippen molar-refractivity contribution >= 4 is 11.8 Å². The summed E-state index contributed by atoms with van der Waals surface area (Å²) in [6.07, 6.45) is 4.29. The Morgan fingerprint density at radius 2 is 1.67 bits per heavy atom. The summed E-state index contributed by atoms with van der Waals surface area (Å²) in [7, 11) is 0. The van der Waals surface area contributed by atoms with Crippen LogP contribution in [0.15, 0.2) is 89.7 Å². The zero-order valence-electron chi connectivity index (χ0n) is 18.2. The van der Waals surface area contributed by atoms with Crippen LogP contribution >= 0.6 is 0 Å². The second kappa shape index (κ2) is 10.9. The second-order valence-corrected chi connectivity index (χ2v) is 7.67. The summed E-state index contributed by atoms with van der Waals surface area (Å²) in [5.74, 6) is -0.0868. The smallest absolute Gasteiger partial charge is 0.286 e. The lowest BCUT2D eigenvalue weighted by molar-refractivity contribution is -0.121. The maximum absolute atomic E-state index is 12.4. The fourth-order valence-corrected chi connectivity index (χ4v) is 3.51. The molecule has 0 spiro atoms. The Balaban J connectivity index is 1.33. The first-order valence-electron chi connectivity index (χ1n) is 10.9. The summed E-state index contributed by atoms with van der Waals surface area (Å²) in [6, 6.07) is 23.4. The summed E-state index contributed by atoms with van der Waals surface area (Å²) < 4.78 is 6.95. The summed E-state index contributed by atoms with van der Waals surface area (Å²) in [4.78, 5) is 24.2. The Labute approximate surface area is 192 Å². The molecule has 0 aliphatic heterocycles. The van der Waals surface area contributed by atoms with Gasteiger partial charge in [-0.3, -0.25) is 14.3 Å². The van der Waals surface area contributed by atoms with Crippen molar-refractivity contribution in [2.45, 2.75) is 25.9 Å². The van der Waals surface area contributed by atoms with Gasteiger partial charge in [-0.25, -0.2) is 0 Å². The van der Waals surface area contributed by atoms with E-state index in [1.54, 1.807) is 12.1 Å². The number of benzene rings is 2. The molecule has 0 aliphatic carbocycles. The molecule has 0 radical (unpaired) electrons. The van der Waals surface area contributed by atoms with E-state index >= 15 is 0 Å². The third kappa shape index (κ3) is 6.20. The number of nitrogens with zero attached hydrogens (tertiary/aromatic N) is 2. The van der Waals surface area contributed by atoms with Crippen LogP contribution in [-0.2, 0) is 17.9 Å². The van der Waals surface area contributed by atoms with Crippen LogP contribution in [0.2, 0.25) is 0 Å². The minimum Gasteiger partial charge on any atom is -0.459 e. The molecule has 2 heterocycles. The molecule has 2 N–H and O–H groups in total. The van der Waals surface area contributed by atoms with Crippen LogP contribution in [0.4, 0.5) is 0 Å². The fourth-order valence-electron chi connectivity index (χ4n) is 3.51. The van der Waals surface area contributed by atoms with Crippen LogP contribution in [-0.4, -0.2) is 28.1 Å². The Kier molecular flexibility index (Phi) is 7.33. The lowest BCUT2D eigenvalue weighted by Gasteiger charge is -2.06. The van der Waals surface area contributed by atoms with Gasteiger partial charge in [0.15, 0.2) is 5.76 Å². The molecule has 33 heavy (non-hydrogen) atoms. The molecule has 4 rings (SSSR count). The van der Waals surface area contributed by atoms with Crippen molar-refractivity contribution in [3.05, 3.63) is 102 Å². The van der Waals surface area contributed by atoms with Gasteiger partial charge >= 0.3 is 0 Å². The van der Waals surface area contributed by atoms with E-state index in [-0.39, 0.29) is 17.6 Å². The molecular weight excluding hydrogens is 416 g/mol. The number of hydrogen-bond donors (Lipinski definition) is 2. The van der Waals surface area contributed by atoms with Gasteiger partial charge in [0.25, 0.3) is 5.91 Å². The van der Waals surface area contributed by atoms with E-state index in [4.69, 9.17) is 9.52 Å². The number of furan rings is 1. The van der Waals surface area contributed by atoms with Gasteiger partial charge in [0, 0.05) is 36.8 Å². The molecule has 7 nitrogen and oxygen atoms in total. The minimum absolute atomic E-state index is 0.0722. The molecular formula is C26H26N4O3. The minimum atomic E-state index is -0.279. The predicted octanol–water partition coefficient (Wildman–Crippen LogP) is 4.02. The summed E-state index contributed by atoms with van der Waals surface area (Å²) in [6.45, 7) is 1.44. The Morgan fingerprint density at radius 1 is 0.909 bits per heavy atom. The molecule has 7 heteroatoms. The van der Waals surface area contributed by atoms with Gasteiger partial charge in [-0.05, 0) is 24.1 Å². The third-order valence-corrected chi connectivity index (χ3v) is 5.16. The van der Waals surface area contributed by atoms with E-state index < -0.39 is 0 Å². The quantitative estimate of drug-likeness (QED) is 0.363. The highest BCUT2D eigenvalue weighted by atomic mass is 16.3. The van der Waals surface area contributed by atoms with E-state index in [2.05, 4.69) is 22.8 Å². The third-order valence-electron chi connectivity index (χ3n) is 5.16. The highest BCUT2D eigenvalue weighted by Gasteiger charge is 2.13. The normalized spacial score (nSPS) is 10.7. The van der Waals surface area contributed by atoms with E-state index in [0.717, 1.165) is 22.4 Å². The first-order valence-corrected chi connectivity index (χ1v) is 10.9. The van der Waals surface area contributed by atoms with Crippen molar-refractivity contribution in [2.24, 2.45) is 0 Å². The summed E-state index contributed by atoms with van der Waals surface area (Å²) in [5, 5.41) is 10.5. The zero-order chi connectivity index (χ0) is 22.9. The largest absolute Gasteiger partial charge is 0.459 e. The van der Waals surface area contributed by atoms with Gasteiger partial charge < -0.3 is 15.1 Å². The highest BCUT2D eigenvalue weighted by molar-refractivity contribution is 5.91. The maximum atomic E-state index is 12.4. The molecule has 0 bridgehead atoms. The van der Waals surface area contributed by atoms with Gasteiger partial charge in [0.1, 0.15) is 0 Å². The zero-order valence-corrected chi connectivity index (χ0v) is 18.2. The lowest BCUT2D eigenvalue weighted by atomic mass is 10.1. The molecule has 2 aromatic heterocycles. The maximum Gasteiger partial charge on any atom is 0.286 e. The Hall–Kier alpha value is -4.13. The topological polar surface area (TPSA) is 89.2 Å². The van der Waals surface area contributed by atoms with Crippen LogP contribution < -0.4 is 10.6 Å². The van der Waals surface area contributed by atoms with Crippen molar-refractivity contribution < 1.29 is 14.0 Å². The van der Waals surface area contributed by atoms with Crippen molar-refractivity contribution in [1.29, 1.82) is 0 Å². The van der Waals surface area contributed by atoms with E-state index in [1.165, 1.54) is 6.26 Å². The van der Waals surface area contributed by atoms with Crippen LogP contribution in [0.3, 0.4) is 0 Å². The van der Waals surface area contributed by atoms with Gasteiger partial charge in [-0.2, -0.15) is 5.10 Å². The monoisotopic (exact) mass is 442 g/mol. The van der Waals surface area contributed by atoms with Crippen molar-refractivity contribution in [1.82, 2.24) is 20.4 Å². The van der Waals surface area contributed by atoms with Gasteiger partial charge in [-0.15, -0.1) is 0 Å². The number of aromatic nitrogens is 2. The molecule has 0 saturated heterocycles. The van der Waals surface area contributed by atoms with Crippen molar-refractivity contribution in [3.63, 3.8) is 0 Å². The predicted molar refractivity (Wildman–Crippen MR) is 125 cm³/mol. The van der Waals surface area contributed by atoms with E-state index in [1.807, 2.05) is 59.4 Å². The number of carbonyl (C=O) groups excluding carboxylic acids is 2. The fraction of sp³-hybridized carbons (Fsp3) is 0.192. The second-order valence-electron chi connectivity index (χ2n) is 7.67. The number of nitrogens with one attached hydrogen (secondary N) is 2. The van der Waals surface area contributed by atoms with Crippen LogP contribution in [0.1, 0.15) is 34.5 Å². The average molecular weight is 443 g/mol. The number of amides is 2. The first-order chi connectivity index (χ1) is 16.2. The lowest BCUT2D eigenvalue weighted by Crippen LogP contribution is -2.27. The van der Waals surface area contributed by atoms with E-state index in [0.29, 0.717) is 32.5 Å². The number of hydrogen-bond acceptors (Lipinski definition) is 4. The number of rotatable bonds is 10. The summed E-state index contributed by atoms with van der Waals surface area (Å²) >= 11 is 0. The highest BCUT2D eigenvalue weighted by Crippen LogP contribution is 2.22. The standard InChI is InChI=1S/C26H26N4O3/c31-24(14-7-15-27-26(32)23-13-8-16-33-23)28-17-22-19-30(18-20-9-3-1-4-10-20)29-25(22)21-11-5-2-6-12-21/h1-6,8-13,16,19H,7,14-15,17-18H2,(H,27,32)(H,28,31).